The van der Waals surface area contributed by atoms with E-state index in [1.165, 1.54) is 12.1 Å². The van der Waals surface area contributed by atoms with Crippen molar-refractivity contribution in [2.75, 3.05) is 46.6 Å². The van der Waals surface area contributed by atoms with Crippen LogP contribution in [0.4, 0.5) is 13.2 Å². The van der Waals surface area contributed by atoms with Crippen molar-refractivity contribution < 1.29 is 27.4 Å². The second kappa shape index (κ2) is 11.0. The highest BCUT2D eigenvalue weighted by Crippen LogP contribution is 2.30. The summed E-state index contributed by atoms with van der Waals surface area (Å²) in [6.07, 6.45) is -2.33. The summed E-state index contributed by atoms with van der Waals surface area (Å²) >= 11 is 0. The summed E-state index contributed by atoms with van der Waals surface area (Å²) in [7, 11) is 1.67. The van der Waals surface area contributed by atoms with Crippen molar-refractivity contribution in [2.24, 2.45) is 4.99 Å². The number of halogens is 3. The van der Waals surface area contributed by atoms with Gasteiger partial charge in [-0.15, -0.1) is 0 Å². The predicted molar refractivity (Wildman–Crippen MR) is 96.1 cm³/mol. The van der Waals surface area contributed by atoms with Crippen molar-refractivity contribution in [1.82, 2.24) is 10.6 Å². The Balaban J connectivity index is 1.55. The van der Waals surface area contributed by atoms with Gasteiger partial charge in [0.2, 0.25) is 0 Å². The van der Waals surface area contributed by atoms with Gasteiger partial charge in [0.25, 0.3) is 0 Å². The SMILES string of the molecule is CN=C(NCCCOC1CCOC1)NCCOc1ccc(C(F)(F)F)cc1. The third-order valence-electron chi connectivity index (χ3n) is 3.92. The van der Waals surface area contributed by atoms with Crippen LogP contribution < -0.4 is 15.4 Å². The minimum Gasteiger partial charge on any atom is -0.492 e. The molecule has 0 aliphatic carbocycles. The molecule has 1 aromatic carbocycles. The molecule has 0 amide bonds. The molecule has 0 spiro atoms. The Bertz CT molecular complexity index is 573. The molecule has 0 saturated carbocycles. The van der Waals surface area contributed by atoms with Crippen molar-refractivity contribution in [2.45, 2.75) is 25.1 Å². The van der Waals surface area contributed by atoms with Crippen LogP contribution in [0, 0.1) is 0 Å². The monoisotopic (exact) mass is 389 g/mol. The maximum atomic E-state index is 12.5. The van der Waals surface area contributed by atoms with Crippen LogP contribution in [0.25, 0.3) is 0 Å². The predicted octanol–water partition coefficient (Wildman–Crippen LogP) is 2.44. The van der Waals surface area contributed by atoms with E-state index in [4.69, 9.17) is 14.2 Å². The lowest BCUT2D eigenvalue weighted by atomic mass is 10.2. The van der Waals surface area contributed by atoms with Gasteiger partial charge < -0.3 is 24.8 Å². The molecule has 1 heterocycles. The number of aliphatic imine (C=N–C) groups is 1. The fraction of sp³-hybridized carbons (Fsp3) is 0.611. The third kappa shape index (κ3) is 8.04. The van der Waals surface area contributed by atoms with Crippen LogP contribution in [-0.4, -0.2) is 58.6 Å². The quantitative estimate of drug-likeness (QED) is 0.386. The van der Waals surface area contributed by atoms with Gasteiger partial charge in [-0.3, -0.25) is 4.99 Å². The molecule has 9 heteroatoms. The van der Waals surface area contributed by atoms with Crippen LogP contribution in [0.15, 0.2) is 29.3 Å². The minimum absolute atomic E-state index is 0.213. The largest absolute Gasteiger partial charge is 0.492 e. The molecule has 0 bridgehead atoms. The fourth-order valence-corrected chi connectivity index (χ4v) is 2.47. The van der Waals surface area contributed by atoms with Gasteiger partial charge >= 0.3 is 6.18 Å². The summed E-state index contributed by atoms with van der Waals surface area (Å²) in [5.74, 6) is 1.02. The molecule has 2 rings (SSSR count). The summed E-state index contributed by atoms with van der Waals surface area (Å²) in [4.78, 5) is 4.10. The average Bonchev–Trinajstić information content (AvgIpc) is 3.16. The van der Waals surface area contributed by atoms with E-state index in [-0.39, 0.29) is 6.10 Å². The Labute approximate surface area is 157 Å². The van der Waals surface area contributed by atoms with E-state index in [1.54, 1.807) is 7.05 Å². The highest BCUT2D eigenvalue weighted by Gasteiger charge is 2.29. The van der Waals surface area contributed by atoms with Crippen molar-refractivity contribution in [3.05, 3.63) is 29.8 Å². The summed E-state index contributed by atoms with van der Waals surface area (Å²) in [5.41, 5.74) is -0.693. The van der Waals surface area contributed by atoms with Crippen LogP contribution in [0.2, 0.25) is 0 Å². The summed E-state index contributed by atoms with van der Waals surface area (Å²) in [5, 5.41) is 6.25. The number of hydrogen-bond acceptors (Lipinski definition) is 4. The number of hydrogen-bond donors (Lipinski definition) is 2. The standard InChI is InChI=1S/C18H26F3N3O3/c1-22-17(23-8-2-10-26-16-7-11-25-13-16)24-9-12-27-15-5-3-14(4-6-15)18(19,20)21/h3-6,16H,2,7-13H2,1H3,(H2,22,23,24). The Morgan fingerprint density at radius 2 is 1.93 bits per heavy atom. The molecule has 1 atom stereocenters. The van der Waals surface area contributed by atoms with E-state index in [1.807, 2.05) is 0 Å². The lowest BCUT2D eigenvalue weighted by molar-refractivity contribution is -0.137. The van der Waals surface area contributed by atoms with E-state index >= 15 is 0 Å². The van der Waals surface area contributed by atoms with Gasteiger partial charge in [-0.05, 0) is 37.1 Å². The second-order valence-electron chi connectivity index (χ2n) is 6.01. The number of benzene rings is 1. The maximum Gasteiger partial charge on any atom is 0.416 e. The van der Waals surface area contributed by atoms with Gasteiger partial charge in [0.1, 0.15) is 12.4 Å². The number of ether oxygens (including phenoxy) is 3. The molecule has 0 radical (unpaired) electrons. The Morgan fingerprint density at radius 3 is 2.56 bits per heavy atom. The van der Waals surface area contributed by atoms with Gasteiger partial charge in [0.05, 0.1) is 24.8 Å². The van der Waals surface area contributed by atoms with E-state index < -0.39 is 11.7 Å². The smallest absolute Gasteiger partial charge is 0.416 e. The van der Waals surface area contributed by atoms with E-state index in [0.717, 1.165) is 31.6 Å². The fourth-order valence-electron chi connectivity index (χ4n) is 2.47. The lowest BCUT2D eigenvalue weighted by Crippen LogP contribution is -2.40. The normalized spacial score (nSPS) is 17.8. The summed E-state index contributed by atoms with van der Waals surface area (Å²) in [6, 6.07) is 4.63. The number of nitrogens with one attached hydrogen (secondary N) is 2. The molecular formula is C18H26F3N3O3. The average molecular weight is 389 g/mol. The van der Waals surface area contributed by atoms with E-state index in [0.29, 0.717) is 44.6 Å². The van der Waals surface area contributed by atoms with Crippen LogP contribution in [0.3, 0.4) is 0 Å². The molecule has 1 fully saturated rings. The molecule has 1 saturated heterocycles. The molecule has 1 aliphatic heterocycles. The van der Waals surface area contributed by atoms with Gasteiger partial charge in [-0.25, -0.2) is 0 Å². The second-order valence-corrected chi connectivity index (χ2v) is 6.01. The first-order valence-electron chi connectivity index (χ1n) is 8.93. The molecule has 0 aromatic heterocycles. The van der Waals surface area contributed by atoms with Crippen LogP contribution in [-0.2, 0) is 15.7 Å². The van der Waals surface area contributed by atoms with Crippen molar-refractivity contribution in [3.63, 3.8) is 0 Å². The van der Waals surface area contributed by atoms with E-state index in [2.05, 4.69) is 15.6 Å². The van der Waals surface area contributed by atoms with Crippen molar-refractivity contribution >= 4 is 5.96 Å². The first-order chi connectivity index (χ1) is 13.0. The van der Waals surface area contributed by atoms with Crippen molar-refractivity contribution in [3.8, 4) is 5.75 Å². The lowest BCUT2D eigenvalue weighted by Gasteiger charge is -2.14. The first-order valence-corrected chi connectivity index (χ1v) is 8.93. The molecule has 1 unspecified atom stereocenters. The van der Waals surface area contributed by atoms with Crippen LogP contribution in [0.5, 0.6) is 5.75 Å². The zero-order valence-corrected chi connectivity index (χ0v) is 15.3. The maximum absolute atomic E-state index is 12.5. The van der Waals surface area contributed by atoms with Gasteiger partial charge in [0.15, 0.2) is 5.96 Å². The molecule has 2 N–H and O–H groups in total. The third-order valence-corrected chi connectivity index (χ3v) is 3.92. The molecule has 1 aliphatic rings. The zero-order chi connectivity index (χ0) is 19.5. The molecule has 1 aromatic rings. The molecule has 27 heavy (non-hydrogen) atoms. The van der Waals surface area contributed by atoms with E-state index in [9.17, 15) is 13.2 Å². The van der Waals surface area contributed by atoms with Gasteiger partial charge in [0, 0.05) is 26.8 Å². The highest BCUT2D eigenvalue weighted by molar-refractivity contribution is 5.79. The molecular weight excluding hydrogens is 363 g/mol. The van der Waals surface area contributed by atoms with Gasteiger partial charge in [-0.2, -0.15) is 13.2 Å². The summed E-state index contributed by atoms with van der Waals surface area (Å²) < 4.78 is 53.8. The minimum atomic E-state index is -4.34. The molecule has 6 nitrogen and oxygen atoms in total. The summed E-state index contributed by atoms with van der Waals surface area (Å²) in [6.45, 7) is 3.60. The van der Waals surface area contributed by atoms with Crippen LogP contribution in [0.1, 0.15) is 18.4 Å². The first kappa shape index (κ1) is 21.3. The molecule has 152 valence electrons. The van der Waals surface area contributed by atoms with Crippen molar-refractivity contribution in [1.29, 1.82) is 0 Å². The Hall–Kier alpha value is -2.00. The Kier molecular flexibility index (Phi) is 8.66. The zero-order valence-electron chi connectivity index (χ0n) is 15.3. The number of guanidine groups is 1. The number of alkyl halides is 3. The number of nitrogens with zero attached hydrogens (tertiary/aromatic N) is 1. The Morgan fingerprint density at radius 1 is 1.19 bits per heavy atom. The van der Waals surface area contributed by atoms with Crippen LogP contribution >= 0.6 is 0 Å². The number of rotatable bonds is 9. The topological polar surface area (TPSA) is 64.1 Å². The highest BCUT2D eigenvalue weighted by atomic mass is 19.4. The van der Waals surface area contributed by atoms with Gasteiger partial charge in [-0.1, -0.05) is 0 Å².